The summed E-state index contributed by atoms with van der Waals surface area (Å²) in [5.41, 5.74) is 6.12. The highest BCUT2D eigenvalue weighted by atomic mass is 32.2. The van der Waals surface area contributed by atoms with Crippen molar-refractivity contribution < 1.29 is 38.0 Å². The van der Waals surface area contributed by atoms with E-state index in [1.807, 2.05) is 61.8 Å². The summed E-state index contributed by atoms with van der Waals surface area (Å²) >= 11 is 0. The van der Waals surface area contributed by atoms with Gasteiger partial charge in [-0.2, -0.15) is 8.42 Å². The number of pyridine rings is 1. The molecule has 240 valence electrons. The summed E-state index contributed by atoms with van der Waals surface area (Å²) < 4.78 is 36.5. The SMILES string of the molecule is CC[n+]1ccc(/C=C/c2cc3c(O)c(c2)Cc2cc(C)cc(c2O)Cc2cc(S(=O)(=O)O)cc(c2O)Cc2cccc(c2O)C3)cc1. The number of para-hydroxylation sites is 1. The lowest BCUT2D eigenvalue weighted by Gasteiger charge is -2.18. The third-order valence-corrected chi connectivity index (χ3v) is 9.55. The molecule has 4 aromatic carbocycles. The zero-order valence-electron chi connectivity index (χ0n) is 26.1. The van der Waals surface area contributed by atoms with E-state index in [0.29, 0.717) is 33.4 Å². The van der Waals surface area contributed by atoms with Crippen molar-refractivity contribution in [3.63, 3.8) is 0 Å². The average Bonchev–Trinajstić information content (AvgIpc) is 3.03. The molecule has 1 heterocycles. The topological polar surface area (TPSA) is 139 Å². The van der Waals surface area contributed by atoms with Gasteiger partial charge in [0.25, 0.3) is 10.1 Å². The smallest absolute Gasteiger partial charge is 0.294 e. The predicted octanol–water partition coefficient (Wildman–Crippen LogP) is 6.22. The van der Waals surface area contributed by atoms with Gasteiger partial charge in [-0.25, -0.2) is 4.57 Å². The first kappa shape index (κ1) is 31.8. The molecular weight excluding hydrogens is 614 g/mol. The maximum Gasteiger partial charge on any atom is 0.294 e. The first-order valence-corrected chi connectivity index (χ1v) is 16.8. The van der Waals surface area contributed by atoms with Gasteiger partial charge in [-0.3, -0.25) is 4.55 Å². The van der Waals surface area contributed by atoms with E-state index in [-0.39, 0.29) is 59.8 Å². The summed E-state index contributed by atoms with van der Waals surface area (Å²) in [6.45, 7) is 4.81. The lowest BCUT2D eigenvalue weighted by molar-refractivity contribution is -0.693. The number of fused-ring (bicyclic) bond motifs is 8. The third kappa shape index (κ3) is 6.72. The highest BCUT2D eigenvalue weighted by molar-refractivity contribution is 7.85. The van der Waals surface area contributed by atoms with Gasteiger partial charge in [-0.05, 0) is 82.6 Å². The second kappa shape index (κ2) is 12.6. The Hall–Kier alpha value is -5.12. The monoisotopic (exact) mass is 650 g/mol. The van der Waals surface area contributed by atoms with Gasteiger partial charge in [0.15, 0.2) is 12.4 Å². The van der Waals surface area contributed by atoms with E-state index in [2.05, 4.69) is 11.5 Å². The number of phenolic OH excluding ortho intramolecular Hbond substituents is 4. The van der Waals surface area contributed by atoms with E-state index in [9.17, 15) is 33.4 Å². The normalized spacial score (nSPS) is 13.2. The number of aryl methyl sites for hydroxylation is 2. The van der Waals surface area contributed by atoms with Crippen LogP contribution in [-0.4, -0.2) is 33.4 Å². The number of benzene rings is 4. The lowest BCUT2D eigenvalue weighted by atomic mass is 9.90. The zero-order chi connectivity index (χ0) is 33.5. The van der Waals surface area contributed by atoms with Crippen LogP contribution in [0.25, 0.3) is 12.2 Å². The number of aromatic hydroxyl groups is 4. The summed E-state index contributed by atoms with van der Waals surface area (Å²) in [7, 11) is -4.64. The molecule has 0 unspecified atom stereocenters. The van der Waals surface area contributed by atoms with Crippen molar-refractivity contribution in [3.05, 3.63) is 140 Å². The Balaban J connectivity index is 1.54. The van der Waals surface area contributed by atoms with Crippen LogP contribution in [0.1, 0.15) is 68.1 Å². The van der Waals surface area contributed by atoms with Crippen molar-refractivity contribution in [2.45, 2.75) is 51.0 Å². The van der Waals surface area contributed by atoms with Crippen molar-refractivity contribution in [1.82, 2.24) is 0 Å². The van der Waals surface area contributed by atoms with Gasteiger partial charge in [-0.1, -0.05) is 48.0 Å². The quantitative estimate of drug-likeness (QED) is 0.113. The third-order valence-electron chi connectivity index (χ3n) is 8.72. The van der Waals surface area contributed by atoms with Crippen LogP contribution in [0.3, 0.4) is 0 Å². The Kier molecular flexibility index (Phi) is 8.53. The van der Waals surface area contributed by atoms with Gasteiger partial charge >= 0.3 is 0 Å². The van der Waals surface area contributed by atoms with Crippen LogP contribution in [0.5, 0.6) is 23.0 Å². The van der Waals surface area contributed by atoms with Crippen LogP contribution >= 0.6 is 0 Å². The van der Waals surface area contributed by atoms with Gasteiger partial charge in [0, 0.05) is 48.9 Å². The fraction of sp³-hybridized carbons (Fsp3) is 0.184. The molecule has 5 aromatic rings. The molecule has 1 aliphatic carbocycles. The van der Waals surface area contributed by atoms with Gasteiger partial charge in [0.2, 0.25) is 0 Å². The maximum absolute atomic E-state index is 12.2. The first-order valence-electron chi connectivity index (χ1n) is 15.3. The van der Waals surface area contributed by atoms with Gasteiger partial charge in [0.1, 0.15) is 29.5 Å². The van der Waals surface area contributed by atoms with E-state index in [1.54, 1.807) is 24.3 Å². The molecule has 1 aliphatic rings. The van der Waals surface area contributed by atoms with Crippen molar-refractivity contribution in [3.8, 4) is 23.0 Å². The molecule has 0 fully saturated rings. The van der Waals surface area contributed by atoms with Crippen molar-refractivity contribution in [1.29, 1.82) is 0 Å². The molecule has 9 heteroatoms. The fourth-order valence-corrected chi connectivity index (χ4v) is 6.82. The standard InChI is InChI=1S/C38H35NO7S/c1-3-39-11-9-24(10-12-39)7-8-25-15-30-17-26-5-4-6-27(35(26)40)18-32-21-34(47(44,45)46)22-33(38(32)43)20-29-14-23(2)13-28(36(29)41)19-31(16-25)37(30)42/h4-16,21-22H,3,17-20H2,1-2H3,(H4,40,41,43,44,45,46)/p+1. The van der Waals surface area contributed by atoms with E-state index in [1.165, 1.54) is 12.1 Å². The Morgan fingerprint density at radius 3 is 1.49 bits per heavy atom. The molecule has 6 rings (SSSR count). The van der Waals surface area contributed by atoms with Crippen molar-refractivity contribution >= 4 is 22.3 Å². The summed E-state index contributed by atoms with van der Waals surface area (Å²) in [4.78, 5) is -0.398. The van der Waals surface area contributed by atoms with E-state index in [0.717, 1.165) is 23.2 Å². The average molecular weight is 651 g/mol. The zero-order valence-corrected chi connectivity index (χ0v) is 26.9. The molecule has 0 amide bonds. The summed E-state index contributed by atoms with van der Waals surface area (Å²) in [6, 6.07) is 18.9. The number of nitrogens with zero attached hydrogens (tertiary/aromatic N) is 1. The lowest BCUT2D eigenvalue weighted by Crippen LogP contribution is -2.30. The molecule has 8 nitrogen and oxygen atoms in total. The Labute approximate surface area is 273 Å². The fourth-order valence-electron chi connectivity index (χ4n) is 6.24. The number of hydrogen-bond donors (Lipinski definition) is 5. The second-order valence-corrected chi connectivity index (χ2v) is 13.5. The molecular formula is C38H36NO7S+. The molecule has 0 radical (unpaired) electrons. The maximum atomic E-state index is 12.2. The Morgan fingerprint density at radius 1 is 0.617 bits per heavy atom. The molecule has 1 aromatic heterocycles. The minimum absolute atomic E-state index is 0.0379. The molecule has 8 bridgehead atoms. The largest absolute Gasteiger partial charge is 0.507 e. The Morgan fingerprint density at radius 2 is 1.02 bits per heavy atom. The molecule has 0 atom stereocenters. The number of hydrogen-bond acceptors (Lipinski definition) is 6. The van der Waals surface area contributed by atoms with Crippen LogP contribution in [0.4, 0.5) is 0 Å². The second-order valence-electron chi connectivity index (χ2n) is 12.1. The van der Waals surface area contributed by atoms with Crippen molar-refractivity contribution in [2.75, 3.05) is 0 Å². The van der Waals surface area contributed by atoms with Crippen LogP contribution in [0.2, 0.25) is 0 Å². The molecule has 0 saturated carbocycles. The molecule has 0 spiro atoms. The molecule has 0 aliphatic heterocycles. The van der Waals surface area contributed by atoms with Crippen LogP contribution in [0, 0.1) is 6.92 Å². The predicted molar refractivity (Wildman–Crippen MR) is 179 cm³/mol. The van der Waals surface area contributed by atoms with Gasteiger partial charge in [0.05, 0.1) is 4.90 Å². The first-order chi connectivity index (χ1) is 22.4. The van der Waals surface area contributed by atoms with Gasteiger partial charge in [-0.15, -0.1) is 0 Å². The minimum atomic E-state index is -4.64. The highest BCUT2D eigenvalue weighted by Gasteiger charge is 2.22. The summed E-state index contributed by atoms with van der Waals surface area (Å²) in [6.07, 6.45) is 8.26. The number of aromatic nitrogens is 1. The van der Waals surface area contributed by atoms with Crippen LogP contribution < -0.4 is 4.57 Å². The highest BCUT2D eigenvalue weighted by Crippen LogP contribution is 2.39. The Bertz CT molecular complexity index is 2150. The van der Waals surface area contributed by atoms with Crippen molar-refractivity contribution in [2.24, 2.45) is 0 Å². The van der Waals surface area contributed by atoms with Crippen LogP contribution in [-0.2, 0) is 42.3 Å². The van der Waals surface area contributed by atoms with Gasteiger partial charge < -0.3 is 20.4 Å². The summed E-state index contributed by atoms with van der Waals surface area (Å²) in [5.74, 6) is -0.226. The summed E-state index contributed by atoms with van der Waals surface area (Å²) in [5, 5.41) is 45.8. The van der Waals surface area contributed by atoms with E-state index in [4.69, 9.17) is 0 Å². The van der Waals surface area contributed by atoms with Crippen LogP contribution in [0.15, 0.2) is 84.0 Å². The number of rotatable bonds is 4. The molecule has 5 N–H and O–H groups in total. The molecule has 47 heavy (non-hydrogen) atoms. The minimum Gasteiger partial charge on any atom is -0.507 e. The van der Waals surface area contributed by atoms with E-state index >= 15 is 0 Å². The number of phenols is 4. The van der Waals surface area contributed by atoms with E-state index < -0.39 is 15.0 Å². The molecule has 0 saturated heterocycles.